The van der Waals surface area contributed by atoms with Crippen molar-refractivity contribution in [3.8, 4) is 0 Å². The van der Waals surface area contributed by atoms with Gasteiger partial charge in [0.1, 0.15) is 0 Å². The summed E-state index contributed by atoms with van der Waals surface area (Å²) in [5.41, 5.74) is 0. The maximum Gasteiger partial charge on any atom is 1.00 e. The monoisotopic (exact) mass is 176 g/mol. The molecule has 0 bridgehead atoms. The molecule has 0 radical (unpaired) electrons. The smallest absolute Gasteiger partial charge is 0.344 e. The van der Waals surface area contributed by atoms with Gasteiger partial charge in [-0.25, -0.2) is 0 Å². The van der Waals surface area contributed by atoms with Crippen LogP contribution in [0.4, 0.5) is 0 Å². The molecule has 1 heteroatoms. The molecule has 0 rings (SSSR count). The fraction of sp³-hybridized carbons (Fsp3) is 0.667. The Kier molecular flexibility index (Phi) is 20.9. The van der Waals surface area contributed by atoms with Gasteiger partial charge in [-0.2, -0.15) is 6.42 Å². The standard InChI is InChI=1S/C3H7.Cs/c1-3-2;/h1,3H2,2H3;/q-1;+1. The second-order valence-corrected chi connectivity index (χ2v) is 0.500. The summed E-state index contributed by atoms with van der Waals surface area (Å²) in [6.07, 6.45) is 1.00. The largest absolute Gasteiger partial charge is 1.00 e. The maximum absolute atomic E-state index is 3.49. The summed E-state index contributed by atoms with van der Waals surface area (Å²) < 4.78 is 0. The molecule has 0 nitrogen and oxygen atoms in total. The Balaban J connectivity index is 0. The first kappa shape index (κ1) is 9.41. The van der Waals surface area contributed by atoms with Crippen molar-refractivity contribution in [2.24, 2.45) is 0 Å². The van der Waals surface area contributed by atoms with Crippen molar-refractivity contribution in [2.75, 3.05) is 0 Å². The van der Waals surface area contributed by atoms with Crippen LogP contribution in [0.25, 0.3) is 0 Å². The molecule has 0 aliphatic heterocycles. The van der Waals surface area contributed by atoms with Gasteiger partial charge in [0, 0.05) is 0 Å². The first-order chi connectivity index (χ1) is 1.41. The third kappa shape index (κ3) is 8.96. The molecule has 0 N–H and O–H groups in total. The van der Waals surface area contributed by atoms with Gasteiger partial charge in [-0.1, -0.05) is 6.92 Å². The third-order valence-corrected chi connectivity index (χ3v) is 0. The third-order valence-electron chi connectivity index (χ3n) is 0. The van der Waals surface area contributed by atoms with Gasteiger partial charge < -0.3 is 6.92 Å². The summed E-state index contributed by atoms with van der Waals surface area (Å²) in [4.78, 5) is 0. The van der Waals surface area contributed by atoms with E-state index in [-0.39, 0.29) is 68.9 Å². The topological polar surface area (TPSA) is 0 Å². The molecule has 0 spiro atoms. The fourth-order valence-electron chi connectivity index (χ4n) is 0. The number of hydrogen-bond acceptors (Lipinski definition) is 0. The van der Waals surface area contributed by atoms with Crippen LogP contribution in [0.2, 0.25) is 0 Å². The van der Waals surface area contributed by atoms with E-state index in [0.717, 1.165) is 6.42 Å². The molecular formula is C3H7Cs. The molecule has 0 aromatic carbocycles. The van der Waals surface area contributed by atoms with E-state index in [1.165, 1.54) is 0 Å². The predicted octanol–water partition coefficient (Wildman–Crippen LogP) is -1.77. The zero-order valence-electron chi connectivity index (χ0n) is 3.41. The van der Waals surface area contributed by atoms with E-state index < -0.39 is 0 Å². The molecule has 0 atom stereocenters. The van der Waals surface area contributed by atoms with Crippen molar-refractivity contribution in [1.29, 1.82) is 0 Å². The van der Waals surface area contributed by atoms with Crippen molar-refractivity contribution in [1.82, 2.24) is 0 Å². The molecule has 0 fully saturated rings. The minimum atomic E-state index is 0. The van der Waals surface area contributed by atoms with E-state index in [1.54, 1.807) is 0 Å². The Labute approximate surface area is 86.8 Å². The Morgan fingerprint density at radius 2 is 1.75 bits per heavy atom. The Bertz CT molecular complexity index is 3.25. The summed E-state index contributed by atoms with van der Waals surface area (Å²) in [5, 5.41) is 0. The minimum absolute atomic E-state index is 0. The van der Waals surface area contributed by atoms with Crippen LogP contribution >= 0.6 is 0 Å². The first-order valence-corrected chi connectivity index (χ1v) is 1.21. The summed E-state index contributed by atoms with van der Waals surface area (Å²) in [6.45, 7) is 5.50. The van der Waals surface area contributed by atoms with Crippen LogP contribution in [0.3, 0.4) is 0 Å². The van der Waals surface area contributed by atoms with Gasteiger partial charge in [0.25, 0.3) is 0 Å². The van der Waals surface area contributed by atoms with Gasteiger partial charge in [0.15, 0.2) is 0 Å². The fourth-order valence-corrected chi connectivity index (χ4v) is 0. The van der Waals surface area contributed by atoms with E-state index >= 15 is 0 Å². The molecule has 0 aliphatic carbocycles. The summed E-state index contributed by atoms with van der Waals surface area (Å²) in [5.74, 6) is 0. The minimum Gasteiger partial charge on any atom is -0.344 e. The van der Waals surface area contributed by atoms with Gasteiger partial charge in [-0.05, 0) is 0 Å². The molecule has 0 aliphatic rings. The van der Waals surface area contributed by atoms with Crippen LogP contribution in [-0.2, 0) is 0 Å². The van der Waals surface area contributed by atoms with E-state index in [9.17, 15) is 0 Å². The molecule has 0 unspecified atom stereocenters. The molecule has 0 amide bonds. The maximum atomic E-state index is 3.49. The van der Waals surface area contributed by atoms with Crippen molar-refractivity contribution in [3.63, 3.8) is 0 Å². The SMILES string of the molecule is [CH2-]CC.[Cs+]. The molecule has 20 valence electrons. The van der Waals surface area contributed by atoms with Crippen molar-refractivity contribution >= 4 is 0 Å². The zero-order chi connectivity index (χ0) is 2.71. The predicted molar refractivity (Wildman–Crippen MR) is 15.6 cm³/mol. The van der Waals surface area contributed by atoms with Gasteiger partial charge in [-0.15, -0.1) is 0 Å². The number of rotatable bonds is 0. The average molecular weight is 176 g/mol. The van der Waals surface area contributed by atoms with Crippen LogP contribution in [0.1, 0.15) is 13.3 Å². The van der Waals surface area contributed by atoms with Crippen molar-refractivity contribution in [3.05, 3.63) is 6.92 Å². The zero-order valence-corrected chi connectivity index (χ0v) is 9.69. The van der Waals surface area contributed by atoms with Gasteiger partial charge >= 0.3 is 68.9 Å². The van der Waals surface area contributed by atoms with Gasteiger partial charge in [0.2, 0.25) is 0 Å². The normalized spacial score (nSPS) is 4.50. The van der Waals surface area contributed by atoms with E-state index in [0.29, 0.717) is 0 Å². The van der Waals surface area contributed by atoms with Crippen LogP contribution < -0.4 is 68.9 Å². The van der Waals surface area contributed by atoms with Crippen molar-refractivity contribution in [2.45, 2.75) is 13.3 Å². The summed E-state index contributed by atoms with van der Waals surface area (Å²) in [7, 11) is 0. The molecule has 0 saturated carbocycles. The molecule has 4 heavy (non-hydrogen) atoms. The molecule has 0 aromatic heterocycles. The van der Waals surface area contributed by atoms with Crippen LogP contribution in [0.15, 0.2) is 0 Å². The number of hydrogen-bond donors (Lipinski definition) is 0. The summed E-state index contributed by atoms with van der Waals surface area (Å²) >= 11 is 0. The Hall–Kier alpha value is 2.05. The van der Waals surface area contributed by atoms with Gasteiger partial charge in [-0.3, -0.25) is 0 Å². The Morgan fingerprint density at radius 1 is 1.75 bits per heavy atom. The van der Waals surface area contributed by atoms with E-state index in [2.05, 4.69) is 6.92 Å². The van der Waals surface area contributed by atoms with Gasteiger partial charge in [0.05, 0.1) is 0 Å². The van der Waals surface area contributed by atoms with E-state index in [1.807, 2.05) is 6.92 Å². The van der Waals surface area contributed by atoms with Crippen LogP contribution in [-0.4, -0.2) is 0 Å². The van der Waals surface area contributed by atoms with E-state index in [4.69, 9.17) is 0 Å². The molecule has 0 aromatic rings. The molecule has 0 saturated heterocycles. The second kappa shape index (κ2) is 8.90. The second-order valence-electron chi connectivity index (χ2n) is 0.500. The van der Waals surface area contributed by atoms with Crippen LogP contribution in [0, 0.1) is 6.92 Å². The Morgan fingerprint density at radius 3 is 1.75 bits per heavy atom. The average Bonchev–Trinajstić information content (AvgIpc) is 0.918. The first-order valence-electron chi connectivity index (χ1n) is 1.21. The summed E-state index contributed by atoms with van der Waals surface area (Å²) in [6, 6.07) is 0. The molecule has 0 heterocycles. The quantitative estimate of drug-likeness (QED) is 0.383. The van der Waals surface area contributed by atoms with Crippen LogP contribution in [0.5, 0.6) is 0 Å². The van der Waals surface area contributed by atoms with Crippen molar-refractivity contribution < 1.29 is 68.9 Å². The molecular weight excluding hydrogens is 169 g/mol.